The zero-order chi connectivity index (χ0) is 14.3. The van der Waals surface area contributed by atoms with Gasteiger partial charge in [-0.05, 0) is 24.3 Å². The molecule has 21 heavy (non-hydrogen) atoms. The summed E-state index contributed by atoms with van der Waals surface area (Å²) in [6, 6.07) is 10.6. The number of benzene rings is 1. The number of hydrogen-bond donors (Lipinski definition) is 1. The molecule has 1 fully saturated rings. The first-order valence-corrected chi connectivity index (χ1v) is 8.97. The van der Waals surface area contributed by atoms with Gasteiger partial charge in [-0.1, -0.05) is 67.8 Å². The van der Waals surface area contributed by atoms with Crippen LogP contribution in [0.25, 0.3) is 0 Å². The van der Waals surface area contributed by atoms with Crippen LogP contribution in [0.4, 0.5) is 0 Å². The molecule has 1 saturated carbocycles. The molecular weight excluding hydrogens is 278 g/mol. The van der Waals surface area contributed by atoms with Crippen molar-refractivity contribution in [1.82, 2.24) is 15.2 Å². The fourth-order valence-electron chi connectivity index (χ4n) is 3.00. The Bertz CT molecular complexity index is 532. The average Bonchev–Trinajstić information content (AvgIpc) is 3.18. The second kappa shape index (κ2) is 7.64. The van der Waals surface area contributed by atoms with E-state index < -0.39 is 0 Å². The zero-order valence-electron chi connectivity index (χ0n) is 12.4. The van der Waals surface area contributed by atoms with Gasteiger partial charge in [-0.3, -0.25) is 5.10 Å². The first-order valence-electron chi connectivity index (χ1n) is 7.98. The highest BCUT2D eigenvalue weighted by Gasteiger charge is 2.15. The van der Waals surface area contributed by atoms with Gasteiger partial charge >= 0.3 is 0 Å². The molecule has 0 saturated heterocycles. The Labute approximate surface area is 131 Å². The van der Waals surface area contributed by atoms with Gasteiger partial charge < -0.3 is 0 Å². The van der Waals surface area contributed by atoms with Crippen LogP contribution in [0.3, 0.4) is 0 Å². The number of nitrogens with one attached hydrogen (secondary N) is 1. The van der Waals surface area contributed by atoms with Crippen molar-refractivity contribution >= 4 is 11.8 Å². The van der Waals surface area contributed by atoms with E-state index in [0.717, 1.165) is 35.5 Å². The lowest BCUT2D eigenvalue weighted by Crippen LogP contribution is -1.97. The van der Waals surface area contributed by atoms with Gasteiger partial charge in [0.25, 0.3) is 0 Å². The maximum absolute atomic E-state index is 4.60. The quantitative estimate of drug-likeness (QED) is 0.777. The number of aromatic nitrogens is 3. The van der Waals surface area contributed by atoms with E-state index in [2.05, 4.69) is 45.5 Å². The molecule has 4 heteroatoms. The summed E-state index contributed by atoms with van der Waals surface area (Å²) >= 11 is 1.74. The predicted octanol–water partition coefficient (Wildman–Crippen LogP) is 4.26. The van der Waals surface area contributed by atoms with E-state index >= 15 is 0 Å². The van der Waals surface area contributed by atoms with Crippen molar-refractivity contribution in [2.75, 3.05) is 5.75 Å². The van der Waals surface area contributed by atoms with Crippen LogP contribution in [0.2, 0.25) is 0 Å². The molecule has 112 valence electrons. The number of thioether (sulfide) groups is 1. The van der Waals surface area contributed by atoms with Gasteiger partial charge in [0.2, 0.25) is 5.16 Å². The third-order valence-electron chi connectivity index (χ3n) is 4.24. The van der Waals surface area contributed by atoms with Crippen molar-refractivity contribution in [1.29, 1.82) is 0 Å². The summed E-state index contributed by atoms with van der Waals surface area (Å²) in [6.45, 7) is 0. The molecule has 1 aliphatic carbocycles. The smallest absolute Gasteiger partial charge is 0.208 e. The Morgan fingerprint density at radius 2 is 1.90 bits per heavy atom. The molecule has 1 aliphatic rings. The molecule has 1 heterocycles. The maximum atomic E-state index is 4.60. The Hall–Kier alpha value is -1.29. The number of aromatic amines is 1. The van der Waals surface area contributed by atoms with Crippen molar-refractivity contribution in [2.45, 2.75) is 50.1 Å². The Balaban J connectivity index is 1.40. The number of hydrogen-bond acceptors (Lipinski definition) is 3. The number of aryl methyl sites for hydroxylation is 2. The van der Waals surface area contributed by atoms with Gasteiger partial charge in [0, 0.05) is 12.2 Å². The summed E-state index contributed by atoms with van der Waals surface area (Å²) in [5.74, 6) is 3.01. The number of nitrogens with zero attached hydrogens (tertiary/aromatic N) is 2. The monoisotopic (exact) mass is 301 g/mol. The van der Waals surface area contributed by atoms with Crippen molar-refractivity contribution < 1.29 is 0 Å². The molecule has 3 nitrogen and oxygen atoms in total. The van der Waals surface area contributed by atoms with Crippen LogP contribution in [0.5, 0.6) is 0 Å². The minimum Gasteiger partial charge on any atom is -0.262 e. The van der Waals surface area contributed by atoms with E-state index in [1.807, 2.05) is 0 Å². The number of rotatable bonds is 7. The fourth-order valence-corrected chi connectivity index (χ4v) is 3.80. The van der Waals surface area contributed by atoms with E-state index in [9.17, 15) is 0 Å². The second-order valence-electron chi connectivity index (χ2n) is 5.84. The third kappa shape index (κ3) is 4.60. The third-order valence-corrected chi connectivity index (χ3v) is 5.09. The Morgan fingerprint density at radius 3 is 2.71 bits per heavy atom. The van der Waals surface area contributed by atoms with Crippen molar-refractivity contribution in [3.8, 4) is 0 Å². The lowest BCUT2D eigenvalue weighted by Gasteiger charge is -2.05. The Kier molecular flexibility index (Phi) is 5.33. The molecule has 1 N–H and O–H groups in total. The molecule has 0 amide bonds. The van der Waals surface area contributed by atoms with Crippen molar-refractivity contribution in [3.63, 3.8) is 0 Å². The van der Waals surface area contributed by atoms with Crippen LogP contribution in [0.1, 0.15) is 43.5 Å². The molecule has 0 spiro atoms. The number of H-pyrrole nitrogens is 1. The van der Waals surface area contributed by atoms with Gasteiger partial charge in [0.15, 0.2) is 0 Å². The minimum absolute atomic E-state index is 0.896. The molecule has 1 aromatic heterocycles. The summed E-state index contributed by atoms with van der Waals surface area (Å²) in [7, 11) is 0. The fraction of sp³-hybridized carbons (Fsp3) is 0.529. The first kappa shape index (κ1) is 14.6. The standard InChI is InChI=1S/C17H23N3S/c1-2-6-15(7-3-1)12-13-21-17-18-16(19-20-17)11-10-14-8-4-5-9-14/h1-3,6-7,14H,4-5,8-13H2,(H,18,19,20). The lowest BCUT2D eigenvalue weighted by molar-refractivity contribution is 0.497. The van der Waals surface area contributed by atoms with Crippen LogP contribution in [0, 0.1) is 5.92 Å². The van der Waals surface area contributed by atoms with Crippen LogP contribution >= 0.6 is 11.8 Å². The SMILES string of the molecule is c1ccc(CCSc2n[nH]c(CCC3CCCC3)n2)cc1. The topological polar surface area (TPSA) is 41.6 Å². The molecule has 0 bridgehead atoms. The van der Waals surface area contributed by atoms with Crippen LogP contribution in [0.15, 0.2) is 35.5 Å². The van der Waals surface area contributed by atoms with Crippen LogP contribution < -0.4 is 0 Å². The van der Waals surface area contributed by atoms with E-state index in [1.165, 1.54) is 37.7 Å². The molecule has 0 atom stereocenters. The molecular formula is C17H23N3S. The highest BCUT2D eigenvalue weighted by molar-refractivity contribution is 7.99. The average molecular weight is 301 g/mol. The normalized spacial score (nSPS) is 15.6. The van der Waals surface area contributed by atoms with Gasteiger partial charge in [-0.25, -0.2) is 4.98 Å². The van der Waals surface area contributed by atoms with E-state index in [1.54, 1.807) is 11.8 Å². The van der Waals surface area contributed by atoms with Crippen molar-refractivity contribution in [3.05, 3.63) is 41.7 Å². The minimum atomic E-state index is 0.896. The highest BCUT2D eigenvalue weighted by atomic mass is 32.2. The summed E-state index contributed by atoms with van der Waals surface area (Å²) in [6.07, 6.45) is 9.04. The van der Waals surface area contributed by atoms with E-state index in [0.29, 0.717) is 0 Å². The van der Waals surface area contributed by atoms with Gasteiger partial charge in [0.05, 0.1) is 0 Å². The molecule has 2 aromatic rings. The molecule has 1 aromatic carbocycles. The molecule has 0 radical (unpaired) electrons. The lowest BCUT2D eigenvalue weighted by atomic mass is 10.0. The molecule has 0 unspecified atom stereocenters. The Morgan fingerprint density at radius 1 is 1.10 bits per heavy atom. The van der Waals surface area contributed by atoms with E-state index in [4.69, 9.17) is 0 Å². The zero-order valence-corrected chi connectivity index (χ0v) is 13.2. The van der Waals surface area contributed by atoms with Gasteiger partial charge in [-0.2, -0.15) is 0 Å². The molecule has 0 aliphatic heterocycles. The van der Waals surface area contributed by atoms with Gasteiger partial charge in [0.1, 0.15) is 5.82 Å². The largest absolute Gasteiger partial charge is 0.262 e. The predicted molar refractivity (Wildman–Crippen MR) is 87.5 cm³/mol. The molecule has 3 rings (SSSR count). The van der Waals surface area contributed by atoms with E-state index in [-0.39, 0.29) is 0 Å². The maximum Gasteiger partial charge on any atom is 0.208 e. The summed E-state index contributed by atoms with van der Waals surface area (Å²) in [5, 5.41) is 8.31. The van der Waals surface area contributed by atoms with Crippen LogP contribution in [-0.2, 0) is 12.8 Å². The van der Waals surface area contributed by atoms with Crippen molar-refractivity contribution in [2.24, 2.45) is 5.92 Å². The summed E-state index contributed by atoms with van der Waals surface area (Å²) in [5.41, 5.74) is 1.38. The summed E-state index contributed by atoms with van der Waals surface area (Å²) < 4.78 is 0. The first-order chi connectivity index (χ1) is 10.4. The second-order valence-corrected chi connectivity index (χ2v) is 6.90. The van der Waals surface area contributed by atoms with Gasteiger partial charge in [-0.15, -0.1) is 5.10 Å². The van der Waals surface area contributed by atoms with Crippen LogP contribution in [-0.4, -0.2) is 20.9 Å². The summed E-state index contributed by atoms with van der Waals surface area (Å²) in [4.78, 5) is 4.60. The highest BCUT2D eigenvalue weighted by Crippen LogP contribution is 2.28.